The van der Waals surface area contributed by atoms with Gasteiger partial charge in [-0.2, -0.15) is 0 Å². The summed E-state index contributed by atoms with van der Waals surface area (Å²) in [6.07, 6.45) is 13.7. The minimum absolute atomic E-state index is 0.0317. The van der Waals surface area contributed by atoms with E-state index in [-0.39, 0.29) is 17.4 Å². The van der Waals surface area contributed by atoms with Crippen LogP contribution in [0.25, 0.3) is 0 Å². The highest BCUT2D eigenvalue weighted by Crippen LogP contribution is 2.57. The smallest absolute Gasteiger partial charge is 0.0853 e. The van der Waals surface area contributed by atoms with Crippen LogP contribution in [0, 0.1) is 12.8 Å². The van der Waals surface area contributed by atoms with Crippen LogP contribution in [0.4, 0.5) is 11.4 Å². The van der Waals surface area contributed by atoms with Crippen molar-refractivity contribution in [1.82, 2.24) is 0 Å². The molecule has 0 saturated carbocycles. The average molecular weight is 762 g/mol. The predicted molar refractivity (Wildman–Crippen MR) is 252 cm³/mol. The molecular formula is C55H59N3. The monoisotopic (exact) mass is 761 g/mol. The molecule has 3 aliphatic rings. The number of nitrogens with zero attached hydrogens (tertiary/aromatic N) is 2. The molecule has 0 fully saturated rings. The second-order valence-corrected chi connectivity index (χ2v) is 13.4. The van der Waals surface area contributed by atoms with Gasteiger partial charge in [0.05, 0.1) is 23.1 Å². The van der Waals surface area contributed by atoms with Crippen molar-refractivity contribution in [3.05, 3.63) is 240 Å². The number of para-hydroxylation sites is 1. The molecule has 0 radical (unpaired) electrons. The zero-order valence-corrected chi connectivity index (χ0v) is 34.9. The highest BCUT2D eigenvalue weighted by atomic mass is 15.2. The van der Waals surface area contributed by atoms with Crippen molar-refractivity contribution in [3.63, 3.8) is 0 Å². The first-order valence-corrected chi connectivity index (χ1v) is 20.4. The number of nitrogens with two attached hydrogens (primary N) is 1. The number of benzene rings is 6. The summed E-state index contributed by atoms with van der Waals surface area (Å²) in [5.41, 5.74) is 19.5. The Morgan fingerprint density at radius 2 is 1.12 bits per heavy atom. The molecule has 0 amide bonds. The van der Waals surface area contributed by atoms with Gasteiger partial charge in [0.15, 0.2) is 0 Å². The summed E-state index contributed by atoms with van der Waals surface area (Å²) in [5, 5.41) is 0. The molecule has 0 saturated heterocycles. The Hall–Kier alpha value is -6.47. The number of allylic oxidation sites excluding steroid dienone is 2. The van der Waals surface area contributed by atoms with Gasteiger partial charge < -0.3 is 10.6 Å². The van der Waals surface area contributed by atoms with Gasteiger partial charge in [-0.15, -0.1) is 26.0 Å². The standard InChI is InChI=1S/C34H29N3.C13H12.2C2H6.C2H4.C2H2/c1-34(25-14-6-3-7-15-25)28-19-20-30-31(32(28)36-33(34)24-12-4-2-5-13-24)27-17-8-9-18-29(27)37(30)26-16-10-11-23(21-26)22-35;1-3-7-12(8-4-1)11-13-9-5-2-6-10-13;4*1-2/h2-21,31-32H,22,35H2,1H3;1-10H,11H2;2*1-2H3;1-2H2;1-2H. The topological polar surface area (TPSA) is 41.6 Å². The number of anilines is 2. The van der Waals surface area contributed by atoms with Gasteiger partial charge >= 0.3 is 0 Å². The summed E-state index contributed by atoms with van der Waals surface area (Å²) in [6, 6.07) is 60.0. The molecule has 3 heteroatoms. The fourth-order valence-electron chi connectivity index (χ4n) is 7.94. The normalized spacial score (nSPS) is 17.5. The number of terminal acetylenes is 1. The van der Waals surface area contributed by atoms with Gasteiger partial charge in [-0.25, -0.2) is 0 Å². The van der Waals surface area contributed by atoms with Crippen LogP contribution in [0.2, 0.25) is 0 Å². The third kappa shape index (κ3) is 9.38. The van der Waals surface area contributed by atoms with Crippen LogP contribution < -0.4 is 10.6 Å². The summed E-state index contributed by atoms with van der Waals surface area (Å²) < 4.78 is 0. The van der Waals surface area contributed by atoms with Crippen molar-refractivity contribution in [2.24, 2.45) is 10.7 Å². The van der Waals surface area contributed by atoms with Crippen LogP contribution in [-0.4, -0.2) is 11.8 Å². The summed E-state index contributed by atoms with van der Waals surface area (Å²) in [6.45, 7) is 16.9. The van der Waals surface area contributed by atoms with Crippen LogP contribution in [0.15, 0.2) is 211 Å². The number of hydrogen-bond donors (Lipinski definition) is 1. The molecule has 6 aromatic carbocycles. The summed E-state index contributed by atoms with van der Waals surface area (Å²) in [7, 11) is 0. The fraction of sp³-hybridized carbons (Fsp3) is 0.182. The maximum absolute atomic E-state index is 6.01. The third-order valence-corrected chi connectivity index (χ3v) is 10.4. The number of fused-ring (bicyclic) bond motifs is 5. The van der Waals surface area contributed by atoms with Crippen LogP contribution >= 0.6 is 0 Å². The Morgan fingerprint density at radius 3 is 1.69 bits per heavy atom. The van der Waals surface area contributed by atoms with Gasteiger partial charge in [-0.3, -0.25) is 4.99 Å². The molecule has 2 N–H and O–H groups in total. The molecule has 294 valence electrons. The van der Waals surface area contributed by atoms with Crippen LogP contribution in [-0.2, 0) is 18.4 Å². The Kier molecular flexibility index (Phi) is 17.0. The van der Waals surface area contributed by atoms with E-state index in [2.05, 4.69) is 220 Å². The Labute approximate surface area is 349 Å². The minimum atomic E-state index is -0.308. The highest BCUT2D eigenvalue weighted by Gasteiger charge is 2.52. The maximum atomic E-state index is 6.01. The van der Waals surface area contributed by atoms with Crippen LogP contribution in [0.1, 0.15) is 73.9 Å². The molecular weight excluding hydrogens is 703 g/mol. The van der Waals surface area contributed by atoms with Crippen molar-refractivity contribution in [2.75, 3.05) is 4.90 Å². The van der Waals surface area contributed by atoms with E-state index in [0.29, 0.717) is 6.54 Å². The largest absolute Gasteiger partial charge is 0.326 e. The zero-order valence-electron chi connectivity index (χ0n) is 34.9. The molecule has 2 aliphatic heterocycles. The summed E-state index contributed by atoms with van der Waals surface area (Å²) >= 11 is 0. The van der Waals surface area contributed by atoms with Gasteiger partial charge in [0.1, 0.15) is 0 Å². The molecule has 0 bridgehead atoms. The lowest BCUT2D eigenvalue weighted by Gasteiger charge is -2.34. The van der Waals surface area contributed by atoms with Gasteiger partial charge in [0.25, 0.3) is 0 Å². The molecule has 1 aliphatic carbocycles. The van der Waals surface area contributed by atoms with E-state index in [0.717, 1.165) is 23.4 Å². The van der Waals surface area contributed by atoms with Gasteiger partial charge in [-0.05, 0) is 76.6 Å². The minimum Gasteiger partial charge on any atom is -0.326 e. The summed E-state index contributed by atoms with van der Waals surface area (Å²) in [4.78, 5) is 7.98. The Morgan fingerprint density at radius 1 is 0.621 bits per heavy atom. The number of hydrogen-bond acceptors (Lipinski definition) is 3. The first-order chi connectivity index (χ1) is 28.6. The van der Waals surface area contributed by atoms with Gasteiger partial charge in [0.2, 0.25) is 0 Å². The molecule has 9 rings (SSSR count). The lowest BCUT2D eigenvalue weighted by molar-refractivity contribution is 0.625. The second-order valence-electron chi connectivity index (χ2n) is 13.4. The van der Waals surface area contributed by atoms with E-state index in [1.807, 2.05) is 27.7 Å². The van der Waals surface area contributed by atoms with Crippen molar-refractivity contribution in [3.8, 4) is 12.8 Å². The predicted octanol–water partition coefficient (Wildman–Crippen LogP) is 13.4. The lowest BCUT2D eigenvalue weighted by atomic mass is 9.67. The van der Waals surface area contributed by atoms with E-state index < -0.39 is 0 Å². The number of aliphatic imine (C=N–C) groups is 1. The molecule has 6 aromatic rings. The number of rotatable bonds is 6. The van der Waals surface area contributed by atoms with Crippen LogP contribution in [0.3, 0.4) is 0 Å². The zero-order chi connectivity index (χ0) is 41.9. The Balaban J connectivity index is 0.000000296. The fourth-order valence-corrected chi connectivity index (χ4v) is 7.94. The van der Waals surface area contributed by atoms with Crippen molar-refractivity contribution >= 4 is 17.1 Å². The maximum Gasteiger partial charge on any atom is 0.0853 e. The molecule has 2 heterocycles. The highest BCUT2D eigenvalue weighted by molar-refractivity contribution is 6.12. The van der Waals surface area contributed by atoms with Gasteiger partial charge in [0, 0.05) is 23.6 Å². The van der Waals surface area contributed by atoms with E-state index in [1.54, 1.807) is 0 Å². The van der Waals surface area contributed by atoms with E-state index >= 15 is 0 Å². The van der Waals surface area contributed by atoms with Crippen molar-refractivity contribution in [1.29, 1.82) is 0 Å². The van der Waals surface area contributed by atoms with Crippen molar-refractivity contribution < 1.29 is 0 Å². The molecule has 0 aromatic heterocycles. The van der Waals surface area contributed by atoms with Gasteiger partial charge in [-0.1, -0.05) is 185 Å². The van der Waals surface area contributed by atoms with E-state index in [9.17, 15) is 0 Å². The molecule has 3 atom stereocenters. The second kappa shape index (κ2) is 22.3. The van der Waals surface area contributed by atoms with Crippen molar-refractivity contribution in [2.45, 2.75) is 65.0 Å². The molecule has 58 heavy (non-hydrogen) atoms. The quantitative estimate of drug-likeness (QED) is 0.136. The molecule has 3 unspecified atom stereocenters. The molecule has 0 spiro atoms. The first kappa shape index (κ1) is 44.2. The summed E-state index contributed by atoms with van der Waals surface area (Å²) in [5.74, 6) is 0.155. The Bertz CT molecular complexity index is 2210. The third-order valence-electron chi connectivity index (χ3n) is 10.4. The lowest BCUT2D eigenvalue weighted by Crippen LogP contribution is -2.35. The van der Waals surface area contributed by atoms with Crippen LogP contribution in [0.5, 0.6) is 0 Å². The van der Waals surface area contributed by atoms with E-state index in [4.69, 9.17) is 10.7 Å². The average Bonchev–Trinajstić information content (AvgIpc) is 3.83. The van der Waals surface area contributed by atoms with E-state index in [1.165, 1.54) is 44.8 Å². The molecule has 3 nitrogen and oxygen atoms in total. The first-order valence-electron chi connectivity index (χ1n) is 20.4. The SMILES string of the molecule is C#C.C=C.CC.CC.CC1(c2ccccc2)C2=CC=C3C(c4ccccc4N3c3cccc(CN)c3)C2N=C1c1ccccc1.c1ccc(Cc2ccccc2)cc1.